The molecule has 1 aromatic heterocycles. The van der Waals surface area contributed by atoms with Crippen LogP contribution in [0, 0.1) is 11.7 Å². The summed E-state index contributed by atoms with van der Waals surface area (Å²) in [7, 11) is -1.28. The molecule has 1 fully saturated rings. The maximum atomic E-state index is 14.8. The van der Waals surface area contributed by atoms with Gasteiger partial charge in [-0.25, -0.2) is 14.4 Å². The molecule has 3 heterocycles. The summed E-state index contributed by atoms with van der Waals surface area (Å²) >= 11 is 0. The lowest BCUT2D eigenvalue weighted by molar-refractivity contribution is 0.251. The van der Waals surface area contributed by atoms with Gasteiger partial charge in [0.2, 0.25) is 5.95 Å². The summed E-state index contributed by atoms with van der Waals surface area (Å²) in [5.41, 5.74) is 2.39. The van der Waals surface area contributed by atoms with Gasteiger partial charge in [-0.15, -0.1) is 0 Å². The molecule has 1 unspecified atom stereocenters. The molecule has 6 nitrogen and oxygen atoms in total. The second-order valence-corrected chi connectivity index (χ2v) is 9.35. The lowest BCUT2D eigenvalue weighted by Gasteiger charge is -2.18. The number of para-hydroxylation sites is 1. The van der Waals surface area contributed by atoms with Crippen molar-refractivity contribution in [3.8, 4) is 22.6 Å². The van der Waals surface area contributed by atoms with Crippen molar-refractivity contribution in [2.45, 2.75) is 24.7 Å². The summed E-state index contributed by atoms with van der Waals surface area (Å²) in [4.78, 5) is 11.7. The average molecular weight is 454 g/mol. The molecule has 0 radical (unpaired) electrons. The minimum absolute atomic E-state index is 0.122. The molecule has 0 N–H and O–H groups in total. The van der Waals surface area contributed by atoms with Crippen molar-refractivity contribution >= 4 is 16.7 Å². The summed E-state index contributed by atoms with van der Waals surface area (Å²) in [5, 5.41) is 0. The van der Waals surface area contributed by atoms with E-state index in [9.17, 15) is 8.60 Å². The topological polar surface area (TPSA) is 64.6 Å². The second kappa shape index (κ2) is 8.86. The maximum absolute atomic E-state index is 14.8. The number of aromatic nitrogens is 2. The Kier molecular flexibility index (Phi) is 5.78. The number of hydrogen-bond donors (Lipinski definition) is 0. The van der Waals surface area contributed by atoms with Gasteiger partial charge < -0.3 is 14.4 Å². The highest BCUT2D eigenvalue weighted by Gasteiger charge is 2.28. The van der Waals surface area contributed by atoms with Crippen molar-refractivity contribution in [2.75, 3.05) is 30.5 Å². The minimum atomic E-state index is -1.28. The zero-order valence-electron chi connectivity index (χ0n) is 17.8. The average Bonchev–Trinajstić information content (AvgIpc) is 3.45. The van der Waals surface area contributed by atoms with Crippen LogP contribution in [0.15, 0.2) is 53.7 Å². The first-order valence-electron chi connectivity index (χ1n) is 10.8. The molecule has 0 saturated carbocycles. The SMILES string of the molecule is CCc1cnc(N2CC[C@@H](COc3c(F)cccc3-c3cccc4c3S(=O)CO4)C2)nc1. The maximum Gasteiger partial charge on any atom is 0.225 e. The van der Waals surface area contributed by atoms with Gasteiger partial charge in [0.25, 0.3) is 0 Å². The van der Waals surface area contributed by atoms with Crippen LogP contribution in [-0.2, 0) is 17.2 Å². The van der Waals surface area contributed by atoms with Gasteiger partial charge in [0.15, 0.2) is 17.5 Å². The molecule has 2 atom stereocenters. The van der Waals surface area contributed by atoms with Crippen molar-refractivity contribution in [1.82, 2.24) is 9.97 Å². The molecule has 5 rings (SSSR count). The predicted octanol–water partition coefficient (Wildman–Crippen LogP) is 4.21. The van der Waals surface area contributed by atoms with Gasteiger partial charge in [0.05, 0.1) is 22.3 Å². The molecule has 2 aliphatic rings. The first-order valence-corrected chi connectivity index (χ1v) is 12.1. The molecule has 32 heavy (non-hydrogen) atoms. The fourth-order valence-corrected chi connectivity index (χ4v) is 5.29. The van der Waals surface area contributed by atoms with E-state index in [2.05, 4.69) is 21.8 Å². The van der Waals surface area contributed by atoms with Gasteiger partial charge in [-0.3, -0.25) is 4.21 Å². The van der Waals surface area contributed by atoms with Crippen LogP contribution in [0.2, 0.25) is 0 Å². The normalized spacial score (nSPS) is 19.6. The number of anilines is 1. The summed E-state index contributed by atoms with van der Waals surface area (Å²) in [6, 6.07) is 10.3. The van der Waals surface area contributed by atoms with E-state index < -0.39 is 16.6 Å². The van der Waals surface area contributed by atoms with Crippen molar-refractivity contribution in [1.29, 1.82) is 0 Å². The predicted molar refractivity (Wildman–Crippen MR) is 121 cm³/mol. The third-order valence-electron chi connectivity index (χ3n) is 5.92. The van der Waals surface area contributed by atoms with E-state index in [4.69, 9.17) is 9.47 Å². The van der Waals surface area contributed by atoms with Crippen LogP contribution in [0.3, 0.4) is 0 Å². The van der Waals surface area contributed by atoms with E-state index in [-0.39, 0.29) is 17.6 Å². The summed E-state index contributed by atoms with van der Waals surface area (Å²) in [5.74, 6) is 1.41. The van der Waals surface area contributed by atoms with Crippen LogP contribution in [0.4, 0.5) is 10.3 Å². The molecule has 2 aliphatic heterocycles. The highest BCUT2D eigenvalue weighted by atomic mass is 32.2. The van der Waals surface area contributed by atoms with Gasteiger partial charge in [-0.05, 0) is 30.5 Å². The number of rotatable bonds is 6. The van der Waals surface area contributed by atoms with Crippen LogP contribution < -0.4 is 14.4 Å². The Hall–Kier alpha value is -3.00. The molecule has 0 amide bonds. The van der Waals surface area contributed by atoms with Crippen molar-refractivity contribution < 1.29 is 18.1 Å². The highest BCUT2D eigenvalue weighted by molar-refractivity contribution is 7.85. The molecule has 0 bridgehead atoms. The van der Waals surface area contributed by atoms with Crippen LogP contribution in [0.1, 0.15) is 18.9 Å². The quantitative estimate of drug-likeness (QED) is 0.557. The van der Waals surface area contributed by atoms with E-state index in [1.807, 2.05) is 24.5 Å². The Balaban J connectivity index is 1.33. The van der Waals surface area contributed by atoms with E-state index >= 15 is 0 Å². The van der Waals surface area contributed by atoms with Crippen LogP contribution in [-0.4, -0.2) is 39.8 Å². The van der Waals surface area contributed by atoms with Crippen molar-refractivity contribution in [3.63, 3.8) is 0 Å². The Morgan fingerprint density at radius 1 is 1.19 bits per heavy atom. The van der Waals surface area contributed by atoms with Crippen LogP contribution >= 0.6 is 0 Å². The third-order valence-corrected chi connectivity index (χ3v) is 7.13. The Morgan fingerprint density at radius 3 is 2.78 bits per heavy atom. The molecular weight excluding hydrogens is 429 g/mol. The standard InChI is InChI=1S/C24H24FN3O3S/c1-2-16-11-26-24(27-12-16)28-10-9-17(13-28)14-30-22-18(5-3-7-20(22)25)19-6-4-8-21-23(19)32(29)15-31-21/h3-8,11-12,17H,2,9-10,13-15H2,1H3/t17-,32?/m1/s1. The van der Waals surface area contributed by atoms with Crippen LogP contribution in [0.25, 0.3) is 11.1 Å². The molecule has 8 heteroatoms. The molecule has 0 spiro atoms. The number of nitrogens with zero attached hydrogens (tertiary/aromatic N) is 3. The fraction of sp³-hybridized carbons (Fsp3) is 0.333. The Morgan fingerprint density at radius 2 is 1.97 bits per heavy atom. The van der Waals surface area contributed by atoms with Gasteiger partial charge in [0.1, 0.15) is 5.75 Å². The number of ether oxygens (including phenoxy) is 2. The van der Waals surface area contributed by atoms with Crippen LogP contribution in [0.5, 0.6) is 11.5 Å². The van der Waals surface area contributed by atoms with Gasteiger partial charge in [-0.1, -0.05) is 31.2 Å². The molecule has 166 valence electrons. The molecule has 2 aromatic carbocycles. The van der Waals surface area contributed by atoms with E-state index in [1.54, 1.807) is 18.2 Å². The number of fused-ring (bicyclic) bond motifs is 1. The molecule has 1 saturated heterocycles. The largest absolute Gasteiger partial charge is 0.489 e. The Bertz CT molecular complexity index is 1160. The van der Waals surface area contributed by atoms with Gasteiger partial charge >= 0.3 is 0 Å². The third kappa shape index (κ3) is 3.95. The van der Waals surface area contributed by atoms with E-state index in [0.717, 1.165) is 37.4 Å². The highest BCUT2D eigenvalue weighted by Crippen LogP contribution is 2.42. The summed E-state index contributed by atoms with van der Waals surface area (Å²) in [6.45, 7) is 4.05. The second-order valence-electron chi connectivity index (χ2n) is 8.01. The lowest BCUT2D eigenvalue weighted by Crippen LogP contribution is -2.24. The van der Waals surface area contributed by atoms with E-state index in [1.165, 1.54) is 6.07 Å². The Labute approximate surface area is 188 Å². The number of benzene rings is 2. The first kappa shape index (κ1) is 20.9. The first-order chi connectivity index (χ1) is 15.6. The number of halogens is 1. The fourth-order valence-electron chi connectivity index (χ4n) is 4.17. The van der Waals surface area contributed by atoms with Crippen molar-refractivity contribution in [2.24, 2.45) is 5.92 Å². The van der Waals surface area contributed by atoms with Crippen molar-refractivity contribution in [3.05, 3.63) is 60.2 Å². The smallest absolute Gasteiger partial charge is 0.225 e. The summed E-state index contributed by atoms with van der Waals surface area (Å²) < 4.78 is 38.8. The monoisotopic (exact) mass is 453 g/mol. The number of hydrogen-bond acceptors (Lipinski definition) is 6. The minimum Gasteiger partial charge on any atom is -0.489 e. The van der Waals surface area contributed by atoms with Gasteiger partial charge in [-0.2, -0.15) is 0 Å². The van der Waals surface area contributed by atoms with Gasteiger partial charge in [0, 0.05) is 42.5 Å². The molecule has 0 aliphatic carbocycles. The molecular formula is C24H24FN3O3S. The zero-order valence-corrected chi connectivity index (χ0v) is 18.6. The molecule has 3 aromatic rings. The lowest BCUT2D eigenvalue weighted by atomic mass is 10.0. The number of aryl methyl sites for hydroxylation is 1. The van der Waals surface area contributed by atoms with E-state index in [0.29, 0.717) is 28.4 Å². The summed E-state index contributed by atoms with van der Waals surface area (Å²) in [6.07, 6.45) is 5.56. The zero-order chi connectivity index (χ0) is 22.1.